The maximum Gasteiger partial charge on any atom is 0.143 e. The molecule has 2 nitrogen and oxygen atoms in total. The van der Waals surface area contributed by atoms with Crippen molar-refractivity contribution in [3.8, 4) is 44.5 Å². The zero-order valence-corrected chi connectivity index (χ0v) is 38.2. The largest absolute Gasteiger partial charge is 0.455 e. The summed E-state index contributed by atoms with van der Waals surface area (Å²) in [4.78, 5) is 2.40. The molecule has 0 saturated heterocycles. The molecule has 1 aromatic heterocycles. The van der Waals surface area contributed by atoms with Gasteiger partial charge in [0.05, 0.1) is 0 Å². The molecule has 0 aliphatic carbocycles. The van der Waals surface area contributed by atoms with Crippen LogP contribution in [0.25, 0.3) is 120 Å². The monoisotopic (exact) mass is 889 g/mol. The molecule has 0 spiro atoms. The van der Waals surface area contributed by atoms with Gasteiger partial charge >= 0.3 is 0 Å². The van der Waals surface area contributed by atoms with Crippen LogP contribution in [0.15, 0.2) is 265 Å². The summed E-state index contributed by atoms with van der Waals surface area (Å²) in [6.45, 7) is 0. The summed E-state index contributed by atoms with van der Waals surface area (Å²) in [5, 5.41) is 14.5. The van der Waals surface area contributed by atoms with Gasteiger partial charge in [-0.25, -0.2) is 0 Å². The minimum absolute atomic E-state index is 0.887. The molecule has 0 aliphatic heterocycles. The first kappa shape index (κ1) is 39.9. The number of nitrogens with zero attached hydrogens (tertiary/aromatic N) is 1. The number of hydrogen-bond donors (Lipinski definition) is 0. The van der Waals surface area contributed by atoms with Gasteiger partial charge in [-0.1, -0.05) is 206 Å². The maximum atomic E-state index is 6.65. The third-order valence-electron chi connectivity index (χ3n) is 14.4. The Morgan fingerprint density at radius 3 is 1.57 bits per heavy atom. The number of rotatable bonds is 7. The van der Waals surface area contributed by atoms with E-state index in [9.17, 15) is 0 Å². The van der Waals surface area contributed by atoms with Crippen LogP contribution in [0.3, 0.4) is 0 Å². The Bertz CT molecular complexity index is 4340. The number of fused-ring (bicyclic) bond motifs is 11. The van der Waals surface area contributed by atoms with Crippen molar-refractivity contribution in [2.45, 2.75) is 0 Å². The summed E-state index contributed by atoms with van der Waals surface area (Å²) >= 11 is 0. The highest BCUT2D eigenvalue weighted by Gasteiger charge is 2.21. The van der Waals surface area contributed by atoms with Crippen LogP contribution in [0.4, 0.5) is 17.1 Å². The van der Waals surface area contributed by atoms with E-state index in [4.69, 9.17) is 4.42 Å². The van der Waals surface area contributed by atoms with E-state index in [2.05, 4.69) is 266 Å². The molecule has 0 atom stereocenters. The van der Waals surface area contributed by atoms with Crippen LogP contribution in [0.5, 0.6) is 0 Å². The van der Waals surface area contributed by atoms with Crippen molar-refractivity contribution in [3.63, 3.8) is 0 Å². The van der Waals surface area contributed by atoms with Gasteiger partial charge in [0.25, 0.3) is 0 Å². The number of furan rings is 1. The molecule has 13 aromatic carbocycles. The smallest absolute Gasteiger partial charge is 0.143 e. The molecule has 70 heavy (non-hydrogen) atoms. The molecule has 0 N–H and O–H groups in total. The average Bonchev–Trinajstić information content (AvgIpc) is 3.83. The van der Waals surface area contributed by atoms with Gasteiger partial charge in [0, 0.05) is 33.2 Å². The summed E-state index contributed by atoms with van der Waals surface area (Å²) in [7, 11) is 0. The second-order valence-electron chi connectivity index (χ2n) is 18.4. The Labute approximate surface area is 405 Å². The first-order valence-corrected chi connectivity index (χ1v) is 24.1. The molecular weight excluding hydrogens is 847 g/mol. The van der Waals surface area contributed by atoms with Crippen LogP contribution in [-0.4, -0.2) is 0 Å². The molecule has 0 aliphatic rings. The van der Waals surface area contributed by atoms with Gasteiger partial charge in [-0.3, -0.25) is 0 Å². The summed E-state index contributed by atoms with van der Waals surface area (Å²) < 4.78 is 6.65. The van der Waals surface area contributed by atoms with Crippen molar-refractivity contribution >= 4 is 92.9 Å². The van der Waals surface area contributed by atoms with Crippen LogP contribution in [0.1, 0.15) is 0 Å². The SMILES string of the molecule is c1ccc(-c2c(-c3ccccc3)c3cc(-c4ccc(N(c5cccc(-c6cccc7oc8c9ccccc9ccc8c67)c5)c5ccc6c(ccc7ccccc76)c5)cc4)ccc3c3ccccc23)cc1. The van der Waals surface area contributed by atoms with Gasteiger partial charge in [-0.05, 0) is 148 Å². The Kier molecular flexibility index (Phi) is 9.25. The number of hydrogen-bond acceptors (Lipinski definition) is 2. The van der Waals surface area contributed by atoms with Crippen molar-refractivity contribution in [1.82, 2.24) is 0 Å². The highest BCUT2D eigenvalue weighted by Crippen LogP contribution is 2.47. The quantitative estimate of drug-likeness (QED) is 0.148. The van der Waals surface area contributed by atoms with E-state index in [1.807, 2.05) is 0 Å². The summed E-state index contributed by atoms with van der Waals surface area (Å²) in [5.41, 5.74) is 14.6. The highest BCUT2D eigenvalue weighted by molar-refractivity contribution is 6.22. The van der Waals surface area contributed by atoms with E-state index < -0.39 is 0 Å². The average molecular weight is 890 g/mol. The normalized spacial score (nSPS) is 11.7. The van der Waals surface area contributed by atoms with Gasteiger partial charge in [0.15, 0.2) is 0 Å². The van der Waals surface area contributed by atoms with Crippen LogP contribution in [-0.2, 0) is 0 Å². The molecule has 2 heteroatoms. The van der Waals surface area contributed by atoms with Crippen molar-refractivity contribution in [2.24, 2.45) is 0 Å². The predicted octanol–water partition coefficient (Wildman–Crippen LogP) is 19.5. The lowest BCUT2D eigenvalue weighted by Gasteiger charge is -2.27. The van der Waals surface area contributed by atoms with Gasteiger partial charge in [0.1, 0.15) is 11.2 Å². The van der Waals surface area contributed by atoms with E-state index in [1.54, 1.807) is 0 Å². The lowest BCUT2D eigenvalue weighted by Crippen LogP contribution is -2.10. The third-order valence-corrected chi connectivity index (χ3v) is 14.4. The molecular formula is C68H43NO. The zero-order chi connectivity index (χ0) is 46.1. The molecule has 0 saturated carbocycles. The Balaban J connectivity index is 0.930. The molecule has 1 heterocycles. The van der Waals surface area contributed by atoms with E-state index in [0.29, 0.717) is 0 Å². The molecule has 0 unspecified atom stereocenters. The topological polar surface area (TPSA) is 16.4 Å². The van der Waals surface area contributed by atoms with Crippen LogP contribution >= 0.6 is 0 Å². The minimum atomic E-state index is 0.887. The predicted molar refractivity (Wildman–Crippen MR) is 298 cm³/mol. The second-order valence-corrected chi connectivity index (χ2v) is 18.4. The molecule has 0 bridgehead atoms. The first-order valence-electron chi connectivity index (χ1n) is 24.1. The second kappa shape index (κ2) is 16.2. The van der Waals surface area contributed by atoms with E-state index in [1.165, 1.54) is 76.3 Å². The molecule has 0 amide bonds. The van der Waals surface area contributed by atoms with E-state index >= 15 is 0 Å². The molecule has 14 rings (SSSR count). The summed E-state index contributed by atoms with van der Waals surface area (Å²) in [6.07, 6.45) is 0. The fourth-order valence-electron chi connectivity index (χ4n) is 11.2. The standard InChI is InChI=1S/C68H43NO/c1-3-17-47(18-4-1)65-61-26-12-11-25-59(61)60-38-34-49(43-63(60)66(65)48-19-5-2-6-20-48)44-31-35-52(36-32-44)69(54-37-40-56-51(42-54)30-29-45-15-7-9-23-55(45)56)53-22-13-21-50(41-53)57-27-14-28-64-67(57)62-39-33-46-16-8-10-24-58(46)68(62)70-64/h1-43H. The van der Waals surface area contributed by atoms with E-state index in [0.717, 1.165) is 61.1 Å². The van der Waals surface area contributed by atoms with Crippen molar-refractivity contribution in [1.29, 1.82) is 0 Å². The van der Waals surface area contributed by atoms with E-state index in [-0.39, 0.29) is 0 Å². The fourth-order valence-corrected chi connectivity index (χ4v) is 11.2. The Morgan fingerprint density at radius 2 is 0.786 bits per heavy atom. The van der Waals surface area contributed by atoms with Crippen LogP contribution < -0.4 is 4.90 Å². The van der Waals surface area contributed by atoms with Crippen molar-refractivity contribution in [2.75, 3.05) is 4.90 Å². The molecule has 0 radical (unpaired) electrons. The summed E-state index contributed by atoms with van der Waals surface area (Å²) in [6, 6.07) is 95.1. The maximum absolute atomic E-state index is 6.65. The zero-order valence-electron chi connectivity index (χ0n) is 38.2. The van der Waals surface area contributed by atoms with Crippen LogP contribution in [0, 0.1) is 0 Å². The number of benzene rings is 13. The highest BCUT2D eigenvalue weighted by atomic mass is 16.3. The molecule has 0 fully saturated rings. The molecule has 14 aromatic rings. The fraction of sp³-hybridized carbons (Fsp3) is 0. The first-order chi connectivity index (χ1) is 34.7. The Morgan fingerprint density at radius 1 is 0.257 bits per heavy atom. The van der Waals surface area contributed by atoms with Gasteiger partial charge < -0.3 is 9.32 Å². The van der Waals surface area contributed by atoms with Gasteiger partial charge in [-0.15, -0.1) is 0 Å². The van der Waals surface area contributed by atoms with Crippen molar-refractivity contribution in [3.05, 3.63) is 261 Å². The minimum Gasteiger partial charge on any atom is -0.455 e. The lowest BCUT2D eigenvalue weighted by molar-refractivity contribution is 0.673. The van der Waals surface area contributed by atoms with Gasteiger partial charge in [0.2, 0.25) is 0 Å². The number of anilines is 3. The lowest BCUT2D eigenvalue weighted by atomic mass is 9.84. The van der Waals surface area contributed by atoms with Crippen LogP contribution in [0.2, 0.25) is 0 Å². The van der Waals surface area contributed by atoms with Gasteiger partial charge in [-0.2, -0.15) is 0 Å². The summed E-state index contributed by atoms with van der Waals surface area (Å²) in [5.74, 6) is 0. The Hall–Kier alpha value is -9.24. The third kappa shape index (κ3) is 6.49. The molecule has 326 valence electrons. The van der Waals surface area contributed by atoms with Crippen molar-refractivity contribution < 1.29 is 4.42 Å².